The van der Waals surface area contributed by atoms with Crippen molar-refractivity contribution >= 4 is 5.91 Å². The van der Waals surface area contributed by atoms with Gasteiger partial charge in [-0.2, -0.15) is 0 Å². The highest BCUT2D eigenvalue weighted by atomic mass is 16.6. The van der Waals surface area contributed by atoms with Gasteiger partial charge in [0, 0.05) is 7.05 Å². The summed E-state index contributed by atoms with van der Waals surface area (Å²) in [7, 11) is 1.46. The maximum Gasteiger partial charge on any atom is 0.251 e. The molecule has 25 heavy (non-hydrogen) atoms. The molecule has 5 atom stereocenters. The molecule has 1 aliphatic heterocycles. The number of amides is 1. The molecule has 8 nitrogen and oxygen atoms in total. The molecule has 4 unspecified atom stereocenters. The minimum absolute atomic E-state index is 0.000755. The van der Waals surface area contributed by atoms with Crippen molar-refractivity contribution in [3.8, 4) is 0 Å². The van der Waals surface area contributed by atoms with Crippen LogP contribution in [0.2, 0.25) is 0 Å². The lowest BCUT2D eigenvalue weighted by atomic mass is 9.86. The highest BCUT2D eigenvalue weighted by molar-refractivity contribution is 5.81. The van der Waals surface area contributed by atoms with Gasteiger partial charge in [-0.15, -0.1) is 0 Å². The van der Waals surface area contributed by atoms with E-state index in [4.69, 9.17) is 14.2 Å². The molecule has 1 heterocycles. The van der Waals surface area contributed by atoms with Crippen molar-refractivity contribution in [2.45, 2.75) is 89.4 Å². The average molecular weight is 363 g/mol. The monoisotopic (exact) mass is 363 g/mol. The first kappa shape index (κ1) is 22.3. The average Bonchev–Trinajstić information content (AvgIpc) is 2.48. The number of ether oxygens (including phenoxy) is 3. The molecule has 1 saturated heterocycles. The number of nitrogens with one attached hydrogen (secondary N) is 1. The van der Waals surface area contributed by atoms with Crippen LogP contribution in [0.4, 0.5) is 0 Å². The zero-order chi connectivity index (χ0) is 19.6. The summed E-state index contributed by atoms with van der Waals surface area (Å²) in [5.41, 5.74) is -2.13. The standard InChI is InChI=1S/C17H33NO7/c1-9(2)24-12-10(19)11(20)14(25-13(12)15(21)18-7)17(5,6)23-8-16(3,4)22/h9-14,19-20,22H,8H2,1-7H3,(H,18,21)/t10?,11?,12-,13?,14?/m0/s1. The van der Waals surface area contributed by atoms with Crippen molar-refractivity contribution in [2.24, 2.45) is 0 Å². The molecule has 0 aromatic rings. The van der Waals surface area contributed by atoms with Crippen molar-refractivity contribution < 1.29 is 34.3 Å². The van der Waals surface area contributed by atoms with E-state index in [0.29, 0.717) is 0 Å². The molecule has 1 rings (SSSR count). The van der Waals surface area contributed by atoms with E-state index in [1.54, 1.807) is 41.5 Å². The van der Waals surface area contributed by atoms with Crippen LogP contribution >= 0.6 is 0 Å². The van der Waals surface area contributed by atoms with E-state index >= 15 is 0 Å². The third-order valence-corrected chi connectivity index (χ3v) is 4.01. The summed E-state index contributed by atoms with van der Waals surface area (Å²) in [6.45, 7) is 10.1. The summed E-state index contributed by atoms with van der Waals surface area (Å²) < 4.78 is 17.1. The van der Waals surface area contributed by atoms with Crippen molar-refractivity contribution in [1.82, 2.24) is 5.32 Å². The third-order valence-electron chi connectivity index (χ3n) is 4.01. The zero-order valence-corrected chi connectivity index (χ0v) is 16.1. The number of likely N-dealkylation sites (N-methyl/N-ethyl adjacent to an activating group) is 1. The summed E-state index contributed by atoms with van der Waals surface area (Å²) in [4.78, 5) is 12.2. The molecule has 1 amide bonds. The van der Waals surface area contributed by atoms with Gasteiger partial charge in [0.25, 0.3) is 5.91 Å². The van der Waals surface area contributed by atoms with Gasteiger partial charge in [0.05, 0.1) is 23.9 Å². The third kappa shape index (κ3) is 5.87. The Kier molecular flexibility index (Phi) is 7.38. The van der Waals surface area contributed by atoms with Crippen molar-refractivity contribution in [3.63, 3.8) is 0 Å². The fourth-order valence-electron chi connectivity index (χ4n) is 2.71. The Hall–Kier alpha value is -0.770. The normalized spacial score (nSPS) is 31.2. The van der Waals surface area contributed by atoms with Crippen LogP contribution in [0.1, 0.15) is 41.5 Å². The van der Waals surface area contributed by atoms with E-state index in [9.17, 15) is 20.1 Å². The van der Waals surface area contributed by atoms with Gasteiger partial charge in [-0.05, 0) is 41.5 Å². The molecule has 0 aliphatic carbocycles. The van der Waals surface area contributed by atoms with Crippen LogP contribution in [-0.2, 0) is 19.0 Å². The SMILES string of the molecule is CNC(=O)C1OC(C(C)(C)OCC(C)(C)O)C(O)C(O)[C@@H]1OC(C)C. The Morgan fingerprint density at radius 2 is 1.76 bits per heavy atom. The van der Waals surface area contributed by atoms with Gasteiger partial charge in [0.1, 0.15) is 24.4 Å². The molecule has 4 N–H and O–H groups in total. The van der Waals surface area contributed by atoms with E-state index < -0.39 is 47.6 Å². The number of hydrogen-bond acceptors (Lipinski definition) is 7. The largest absolute Gasteiger partial charge is 0.388 e. The zero-order valence-electron chi connectivity index (χ0n) is 16.1. The molecule has 148 valence electrons. The van der Waals surface area contributed by atoms with Gasteiger partial charge in [-0.3, -0.25) is 4.79 Å². The molecule has 8 heteroatoms. The van der Waals surface area contributed by atoms with Gasteiger partial charge in [-0.25, -0.2) is 0 Å². The van der Waals surface area contributed by atoms with Crippen molar-refractivity contribution in [3.05, 3.63) is 0 Å². The van der Waals surface area contributed by atoms with Crippen LogP contribution in [-0.4, -0.2) is 82.7 Å². The van der Waals surface area contributed by atoms with Crippen LogP contribution < -0.4 is 5.32 Å². The highest BCUT2D eigenvalue weighted by Gasteiger charge is 2.53. The van der Waals surface area contributed by atoms with Crippen LogP contribution in [0, 0.1) is 0 Å². The first-order valence-corrected chi connectivity index (χ1v) is 8.55. The second-order valence-electron chi connectivity index (χ2n) is 7.93. The van der Waals surface area contributed by atoms with E-state index in [1.165, 1.54) is 7.05 Å². The fourth-order valence-corrected chi connectivity index (χ4v) is 2.71. The quantitative estimate of drug-likeness (QED) is 0.485. The number of carbonyl (C=O) groups is 1. The summed E-state index contributed by atoms with van der Waals surface area (Å²) in [5.74, 6) is -0.458. The minimum Gasteiger partial charge on any atom is -0.388 e. The number of aliphatic hydroxyl groups is 3. The summed E-state index contributed by atoms with van der Waals surface area (Å²) in [6, 6.07) is 0. The molecular weight excluding hydrogens is 330 g/mol. The molecule has 1 fully saturated rings. The Balaban J connectivity index is 3.04. The number of hydrogen-bond donors (Lipinski definition) is 4. The molecule has 0 aromatic heterocycles. The van der Waals surface area contributed by atoms with Crippen LogP contribution in [0.15, 0.2) is 0 Å². The summed E-state index contributed by atoms with van der Waals surface area (Å²) in [5, 5.41) is 33.4. The van der Waals surface area contributed by atoms with E-state index in [-0.39, 0.29) is 12.7 Å². The molecule has 0 bridgehead atoms. The lowest BCUT2D eigenvalue weighted by Crippen LogP contribution is -2.67. The lowest BCUT2D eigenvalue weighted by Gasteiger charge is -2.47. The maximum absolute atomic E-state index is 12.2. The van der Waals surface area contributed by atoms with E-state index in [0.717, 1.165) is 0 Å². The maximum atomic E-state index is 12.2. The first-order chi connectivity index (χ1) is 11.3. The van der Waals surface area contributed by atoms with Gasteiger partial charge in [0.2, 0.25) is 0 Å². The van der Waals surface area contributed by atoms with Crippen LogP contribution in [0.25, 0.3) is 0 Å². The second kappa shape index (κ2) is 8.28. The second-order valence-corrected chi connectivity index (χ2v) is 7.93. The van der Waals surface area contributed by atoms with Crippen molar-refractivity contribution in [1.29, 1.82) is 0 Å². The van der Waals surface area contributed by atoms with Crippen molar-refractivity contribution in [2.75, 3.05) is 13.7 Å². The Labute approximate surface area is 149 Å². The van der Waals surface area contributed by atoms with Gasteiger partial charge in [0.15, 0.2) is 6.10 Å². The van der Waals surface area contributed by atoms with E-state index in [2.05, 4.69) is 5.32 Å². The first-order valence-electron chi connectivity index (χ1n) is 8.55. The summed E-state index contributed by atoms with van der Waals surface area (Å²) >= 11 is 0. The predicted molar refractivity (Wildman–Crippen MR) is 91.1 cm³/mol. The molecule has 0 saturated carbocycles. The molecule has 0 radical (unpaired) electrons. The predicted octanol–water partition coefficient (Wildman–Crippen LogP) is -0.419. The molecule has 0 aromatic carbocycles. The number of rotatable bonds is 7. The van der Waals surface area contributed by atoms with Gasteiger partial charge < -0.3 is 34.8 Å². The van der Waals surface area contributed by atoms with Crippen LogP contribution in [0.5, 0.6) is 0 Å². The minimum atomic E-state index is -1.33. The highest BCUT2D eigenvalue weighted by Crippen LogP contribution is 2.32. The van der Waals surface area contributed by atoms with Gasteiger partial charge in [-0.1, -0.05) is 0 Å². The fraction of sp³-hybridized carbons (Fsp3) is 0.941. The smallest absolute Gasteiger partial charge is 0.251 e. The molecule has 0 spiro atoms. The number of carbonyl (C=O) groups excluding carboxylic acids is 1. The Morgan fingerprint density at radius 3 is 2.20 bits per heavy atom. The van der Waals surface area contributed by atoms with Gasteiger partial charge >= 0.3 is 0 Å². The lowest BCUT2D eigenvalue weighted by molar-refractivity contribution is -0.277. The molecule has 1 aliphatic rings. The van der Waals surface area contributed by atoms with E-state index in [1.807, 2.05) is 0 Å². The Morgan fingerprint density at radius 1 is 1.20 bits per heavy atom. The topological polar surface area (TPSA) is 117 Å². The Bertz CT molecular complexity index is 447. The molecular formula is C17H33NO7. The van der Waals surface area contributed by atoms with Crippen LogP contribution in [0.3, 0.4) is 0 Å². The number of aliphatic hydroxyl groups excluding tert-OH is 2. The summed E-state index contributed by atoms with van der Waals surface area (Å²) in [6.07, 6.45) is -6.00.